The Bertz CT molecular complexity index is 1020. The highest BCUT2D eigenvalue weighted by Gasteiger charge is 2.28. The van der Waals surface area contributed by atoms with Gasteiger partial charge in [0.1, 0.15) is 18.2 Å². The summed E-state index contributed by atoms with van der Waals surface area (Å²) in [5, 5.41) is 14.4. The van der Waals surface area contributed by atoms with Crippen molar-refractivity contribution in [3.05, 3.63) is 83.4 Å². The summed E-state index contributed by atoms with van der Waals surface area (Å²) in [5.41, 5.74) is 2.47. The van der Waals surface area contributed by atoms with Crippen LogP contribution >= 0.6 is 0 Å². The van der Waals surface area contributed by atoms with Crippen LogP contribution in [0.2, 0.25) is 0 Å². The van der Waals surface area contributed by atoms with E-state index in [1.54, 1.807) is 41.1 Å². The monoisotopic (exact) mass is 423 g/mol. The van der Waals surface area contributed by atoms with Gasteiger partial charge in [0, 0.05) is 44.2 Å². The number of halogens is 1. The van der Waals surface area contributed by atoms with Gasteiger partial charge in [-0.2, -0.15) is 5.10 Å². The predicted octanol–water partition coefficient (Wildman–Crippen LogP) is 3.17. The van der Waals surface area contributed by atoms with Gasteiger partial charge in [0.15, 0.2) is 0 Å². The number of nitrogens with zero attached hydrogens (tertiary/aromatic N) is 3. The SMILES string of the molecule is Cn1ccc(CC(O)COc2ccc(C(=O)N3CC[C@H](c4ccc(F)cc4)C3)cc2)n1. The number of ether oxygens (including phenoxy) is 1. The minimum atomic E-state index is -0.663. The van der Waals surface area contributed by atoms with Crippen LogP contribution in [0.5, 0.6) is 5.75 Å². The van der Waals surface area contributed by atoms with Crippen molar-refractivity contribution in [1.82, 2.24) is 14.7 Å². The highest BCUT2D eigenvalue weighted by atomic mass is 19.1. The molecule has 4 rings (SSSR count). The van der Waals surface area contributed by atoms with E-state index in [4.69, 9.17) is 4.74 Å². The van der Waals surface area contributed by atoms with Gasteiger partial charge >= 0.3 is 0 Å². The maximum Gasteiger partial charge on any atom is 0.253 e. The van der Waals surface area contributed by atoms with Crippen molar-refractivity contribution in [2.45, 2.75) is 24.9 Å². The van der Waals surface area contributed by atoms with Crippen LogP contribution in [0.3, 0.4) is 0 Å². The molecular weight excluding hydrogens is 397 g/mol. The highest BCUT2D eigenvalue weighted by Crippen LogP contribution is 2.28. The quantitative estimate of drug-likeness (QED) is 0.634. The topological polar surface area (TPSA) is 67.6 Å². The molecule has 1 fully saturated rings. The van der Waals surface area contributed by atoms with E-state index in [1.807, 2.05) is 24.2 Å². The fourth-order valence-corrected chi connectivity index (χ4v) is 3.89. The molecule has 2 aromatic carbocycles. The normalized spacial score (nSPS) is 17.0. The summed E-state index contributed by atoms with van der Waals surface area (Å²) >= 11 is 0. The Balaban J connectivity index is 1.28. The van der Waals surface area contributed by atoms with Gasteiger partial charge in [-0.25, -0.2) is 4.39 Å². The Morgan fingerprint density at radius 3 is 2.61 bits per heavy atom. The first-order chi connectivity index (χ1) is 15.0. The van der Waals surface area contributed by atoms with Crippen LogP contribution in [0.1, 0.15) is 34.0 Å². The smallest absolute Gasteiger partial charge is 0.253 e. The van der Waals surface area contributed by atoms with Gasteiger partial charge < -0.3 is 14.7 Å². The van der Waals surface area contributed by atoms with Crippen molar-refractivity contribution in [2.75, 3.05) is 19.7 Å². The fraction of sp³-hybridized carbons (Fsp3) is 0.333. The molecule has 6 nitrogen and oxygen atoms in total. The molecule has 0 radical (unpaired) electrons. The lowest BCUT2D eigenvalue weighted by Gasteiger charge is -2.17. The summed E-state index contributed by atoms with van der Waals surface area (Å²) in [6.45, 7) is 1.45. The Morgan fingerprint density at radius 2 is 1.94 bits per heavy atom. The molecule has 7 heteroatoms. The second-order valence-corrected chi connectivity index (χ2v) is 7.96. The van der Waals surface area contributed by atoms with E-state index in [0.29, 0.717) is 30.8 Å². The number of likely N-dealkylation sites (tertiary alicyclic amines) is 1. The lowest BCUT2D eigenvalue weighted by Crippen LogP contribution is -2.28. The van der Waals surface area contributed by atoms with Gasteiger partial charge in [-0.1, -0.05) is 12.1 Å². The zero-order valence-corrected chi connectivity index (χ0v) is 17.4. The molecule has 1 N–H and O–H groups in total. The lowest BCUT2D eigenvalue weighted by atomic mass is 9.99. The average Bonchev–Trinajstić information content (AvgIpc) is 3.42. The van der Waals surface area contributed by atoms with Gasteiger partial charge in [-0.15, -0.1) is 0 Å². The van der Waals surface area contributed by atoms with Crippen LogP contribution < -0.4 is 4.74 Å². The molecule has 31 heavy (non-hydrogen) atoms. The van der Waals surface area contributed by atoms with Crippen LogP contribution in [0, 0.1) is 5.82 Å². The number of carbonyl (C=O) groups excluding carboxylic acids is 1. The number of aromatic nitrogens is 2. The Hall–Kier alpha value is -3.19. The summed E-state index contributed by atoms with van der Waals surface area (Å²) in [6, 6.07) is 15.4. The molecule has 1 unspecified atom stereocenters. The Morgan fingerprint density at radius 1 is 1.19 bits per heavy atom. The van der Waals surface area contributed by atoms with E-state index in [9.17, 15) is 14.3 Å². The summed E-state index contributed by atoms with van der Waals surface area (Å²) < 4.78 is 20.5. The molecule has 2 heterocycles. The second-order valence-electron chi connectivity index (χ2n) is 7.96. The third-order valence-corrected chi connectivity index (χ3v) is 5.57. The van der Waals surface area contributed by atoms with Crippen LogP contribution in [0.4, 0.5) is 4.39 Å². The number of aryl methyl sites for hydroxylation is 1. The van der Waals surface area contributed by atoms with E-state index in [2.05, 4.69) is 5.10 Å². The molecule has 2 atom stereocenters. The molecular formula is C24H26FN3O3. The zero-order chi connectivity index (χ0) is 21.8. The largest absolute Gasteiger partial charge is 0.491 e. The number of aliphatic hydroxyl groups is 1. The van der Waals surface area contributed by atoms with Crippen molar-refractivity contribution in [3.8, 4) is 5.75 Å². The van der Waals surface area contributed by atoms with Gasteiger partial charge in [-0.3, -0.25) is 9.48 Å². The van der Waals surface area contributed by atoms with Gasteiger partial charge in [0.25, 0.3) is 5.91 Å². The average molecular weight is 423 g/mol. The minimum absolute atomic E-state index is 0.0219. The van der Waals surface area contributed by atoms with Crippen molar-refractivity contribution < 1.29 is 19.0 Å². The first-order valence-corrected chi connectivity index (χ1v) is 10.4. The molecule has 1 saturated heterocycles. The van der Waals surface area contributed by atoms with Crippen molar-refractivity contribution in [2.24, 2.45) is 7.05 Å². The number of benzene rings is 2. The first kappa shape index (κ1) is 21.1. The summed E-state index contributed by atoms with van der Waals surface area (Å²) in [5.74, 6) is 0.558. The highest BCUT2D eigenvalue weighted by molar-refractivity contribution is 5.94. The number of hydrogen-bond donors (Lipinski definition) is 1. The molecule has 0 bridgehead atoms. The van der Waals surface area contributed by atoms with Crippen LogP contribution in [-0.4, -0.2) is 51.5 Å². The second kappa shape index (κ2) is 9.31. The molecule has 162 valence electrons. The fourth-order valence-electron chi connectivity index (χ4n) is 3.89. The number of rotatable bonds is 7. The zero-order valence-electron chi connectivity index (χ0n) is 17.4. The van der Waals surface area contributed by atoms with E-state index < -0.39 is 6.10 Å². The van der Waals surface area contributed by atoms with Gasteiger partial charge in [0.2, 0.25) is 0 Å². The van der Waals surface area contributed by atoms with Crippen molar-refractivity contribution >= 4 is 5.91 Å². The molecule has 0 aliphatic carbocycles. The Kier molecular flexibility index (Phi) is 6.32. The minimum Gasteiger partial charge on any atom is -0.491 e. The third kappa shape index (κ3) is 5.30. The van der Waals surface area contributed by atoms with Gasteiger partial charge in [0.05, 0.1) is 11.8 Å². The van der Waals surface area contributed by atoms with Gasteiger partial charge in [-0.05, 0) is 54.4 Å². The Labute approximate surface area is 180 Å². The van der Waals surface area contributed by atoms with Crippen LogP contribution in [0.15, 0.2) is 60.8 Å². The number of aliphatic hydroxyl groups excluding tert-OH is 1. The van der Waals surface area contributed by atoms with Crippen LogP contribution in [-0.2, 0) is 13.5 Å². The van der Waals surface area contributed by atoms with Crippen molar-refractivity contribution in [3.63, 3.8) is 0 Å². The number of carbonyl (C=O) groups is 1. The van der Waals surface area contributed by atoms with Crippen LogP contribution in [0.25, 0.3) is 0 Å². The van der Waals surface area contributed by atoms with E-state index in [1.165, 1.54) is 12.1 Å². The lowest BCUT2D eigenvalue weighted by molar-refractivity contribution is 0.0790. The molecule has 1 aliphatic rings. The molecule has 3 aromatic rings. The number of amides is 1. The summed E-state index contributed by atoms with van der Waals surface area (Å²) in [7, 11) is 1.83. The number of hydrogen-bond acceptors (Lipinski definition) is 4. The molecule has 0 saturated carbocycles. The van der Waals surface area contributed by atoms with E-state index in [-0.39, 0.29) is 24.2 Å². The molecule has 1 aliphatic heterocycles. The maximum absolute atomic E-state index is 13.1. The predicted molar refractivity (Wildman–Crippen MR) is 115 cm³/mol. The maximum atomic E-state index is 13.1. The molecule has 0 spiro atoms. The molecule has 1 amide bonds. The molecule has 1 aromatic heterocycles. The standard InChI is InChI=1S/C24H26FN3O3/c1-27-12-11-21(26-27)14-22(29)16-31-23-8-4-18(5-9-23)24(30)28-13-10-19(15-28)17-2-6-20(25)7-3-17/h2-9,11-12,19,22,29H,10,13-16H2,1H3/t19-,22?/m0/s1. The van der Waals surface area contributed by atoms with E-state index >= 15 is 0 Å². The van der Waals surface area contributed by atoms with E-state index in [0.717, 1.165) is 17.7 Å². The first-order valence-electron chi connectivity index (χ1n) is 10.4. The summed E-state index contributed by atoms with van der Waals surface area (Å²) in [6.07, 6.45) is 2.46. The summed E-state index contributed by atoms with van der Waals surface area (Å²) in [4.78, 5) is 14.7. The third-order valence-electron chi connectivity index (χ3n) is 5.57. The van der Waals surface area contributed by atoms with Crippen molar-refractivity contribution in [1.29, 1.82) is 0 Å².